The van der Waals surface area contributed by atoms with Crippen LogP contribution in [0.15, 0.2) is 29.8 Å². The van der Waals surface area contributed by atoms with Crippen molar-refractivity contribution in [2.75, 3.05) is 39.3 Å². The molecule has 2 N–H and O–H groups in total. The van der Waals surface area contributed by atoms with E-state index in [1.54, 1.807) is 0 Å². The number of amides is 2. The minimum absolute atomic E-state index is 0.0426. The second-order valence-electron chi connectivity index (χ2n) is 7.47. The Bertz CT molecular complexity index is 696. The molecular weight excluding hydrogens is 354 g/mol. The van der Waals surface area contributed by atoms with E-state index < -0.39 is 0 Å². The Hall–Kier alpha value is -2.34. The summed E-state index contributed by atoms with van der Waals surface area (Å²) in [6, 6.07) is 5.58. The van der Waals surface area contributed by atoms with Crippen molar-refractivity contribution in [2.24, 2.45) is 0 Å². The smallest absolute Gasteiger partial charge is 0.255 e. The van der Waals surface area contributed by atoms with E-state index in [2.05, 4.69) is 35.5 Å². The maximum atomic E-state index is 12.7. The molecule has 0 saturated heterocycles. The number of benzene rings is 1. The number of hydrogen-bond donors (Lipinski definition) is 2. The Morgan fingerprint density at radius 1 is 1.18 bits per heavy atom. The molecule has 1 aromatic rings. The van der Waals surface area contributed by atoms with Gasteiger partial charge in [-0.2, -0.15) is 0 Å². The second kappa shape index (κ2) is 11.5. The van der Waals surface area contributed by atoms with Gasteiger partial charge in [-0.3, -0.25) is 9.59 Å². The summed E-state index contributed by atoms with van der Waals surface area (Å²) < 4.78 is 5.74. The van der Waals surface area contributed by atoms with Crippen LogP contribution in [0.5, 0.6) is 5.75 Å². The molecule has 0 aromatic heterocycles. The zero-order valence-corrected chi connectivity index (χ0v) is 17.3. The van der Waals surface area contributed by atoms with Crippen molar-refractivity contribution >= 4 is 11.8 Å². The second-order valence-corrected chi connectivity index (χ2v) is 7.47. The lowest BCUT2D eigenvalue weighted by atomic mass is 10.1. The van der Waals surface area contributed by atoms with E-state index >= 15 is 0 Å². The summed E-state index contributed by atoms with van der Waals surface area (Å²) >= 11 is 0. The zero-order valence-electron chi connectivity index (χ0n) is 17.3. The van der Waals surface area contributed by atoms with Crippen molar-refractivity contribution in [2.45, 2.75) is 40.0 Å². The van der Waals surface area contributed by atoms with E-state index in [0.717, 1.165) is 38.0 Å². The zero-order chi connectivity index (χ0) is 20.4. The number of fused-ring (bicyclic) bond motifs is 1. The third-order valence-electron chi connectivity index (χ3n) is 4.65. The molecule has 0 saturated carbocycles. The highest BCUT2D eigenvalue weighted by Crippen LogP contribution is 2.20. The number of ether oxygens (including phenoxy) is 1. The van der Waals surface area contributed by atoms with Crippen LogP contribution in [0.3, 0.4) is 0 Å². The Kier molecular flexibility index (Phi) is 9.01. The van der Waals surface area contributed by atoms with Gasteiger partial charge in [0.1, 0.15) is 12.4 Å². The highest BCUT2D eigenvalue weighted by molar-refractivity contribution is 5.97. The predicted molar refractivity (Wildman–Crippen MR) is 112 cm³/mol. The first-order valence-electron chi connectivity index (χ1n) is 10.1. The average molecular weight is 388 g/mol. The van der Waals surface area contributed by atoms with Gasteiger partial charge in [0.2, 0.25) is 5.91 Å². The van der Waals surface area contributed by atoms with Crippen LogP contribution in [0.4, 0.5) is 0 Å². The molecule has 1 aromatic carbocycles. The molecular formula is C22H33N3O3. The van der Waals surface area contributed by atoms with Crippen LogP contribution < -0.4 is 15.4 Å². The fourth-order valence-corrected chi connectivity index (χ4v) is 3.14. The Morgan fingerprint density at radius 2 is 2.00 bits per heavy atom. The van der Waals surface area contributed by atoms with E-state index in [0.29, 0.717) is 37.4 Å². The van der Waals surface area contributed by atoms with Gasteiger partial charge in [0.05, 0.1) is 12.1 Å². The van der Waals surface area contributed by atoms with Crippen molar-refractivity contribution in [3.63, 3.8) is 0 Å². The van der Waals surface area contributed by atoms with Crippen molar-refractivity contribution in [1.82, 2.24) is 15.5 Å². The number of nitrogens with zero attached hydrogens (tertiary/aromatic N) is 1. The van der Waals surface area contributed by atoms with Crippen molar-refractivity contribution in [3.8, 4) is 5.75 Å². The first-order valence-corrected chi connectivity index (χ1v) is 10.1. The van der Waals surface area contributed by atoms with Crippen LogP contribution in [-0.4, -0.2) is 56.0 Å². The van der Waals surface area contributed by atoms with Gasteiger partial charge in [0, 0.05) is 26.1 Å². The fourth-order valence-electron chi connectivity index (χ4n) is 3.14. The molecule has 1 aliphatic heterocycles. The molecule has 0 bridgehead atoms. The first-order chi connectivity index (χ1) is 13.5. The van der Waals surface area contributed by atoms with Crippen LogP contribution in [0.2, 0.25) is 0 Å². The summed E-state index contributed by atoms with van der Waals surface area (Å²) in [5, 5.41) is 5.90. The fraction of sp³-hybridized carbons (Fsp3) is 0.545. The summed E-state index contributed by atoms with van der Waals surface area (Å²) in [7, 11) is 0. The maximum Gasteiger partial charge on any atom is 0.255 e. The van der Waals surface area contributed by atoms with Gasteiger partial charge in [-0.1, -0.05) is 23.3 Å². The lowest BCUT2D eigenvalue weighted by Gasteiger charge is -2.22. The summed E-state index contributed by atoms with van der Waals surface area (Å²) in [6.45, 7) is 9.98. The van der Waals surface area contributed by atoms with E-state index in [1.165, 1.54) is 5.57 Å². The van der Waals surface area contributed by atoms with Gasteiger partial charge >= 0.3 is 0 Å². The van der Waals surface area contributed by atoms with Gasteiger partial charge in [0.15, 0.2) is 0 Å². The Labute approximate surface area is 168 Å². The molecule has 0 spiro atoms. The third kappa shape index (κ3) is 7.72. The largest absolute Gasteiger partial charge is 0.491 e. The number of rotatable bonds is 3. The highest BCUT2D eigenvalue weighted by atomic mass is 16.5. The average Bonchev–Trinajstić information content (AvgIpc) is 2.65. The Balaban J connectivity index is 2.07. The van der Waals surface area contributed by atoms with Gasteiger partial charge < -0.3 is 20.3 Å². The molecule has 0 radical (unpaired) electrons. The van der Waals surface area contributed by atoms with Crippen LogP contribution >= 0.6 is 0 Å². The number of carbonyl (C=O) groups excluding carboxylic acids is 2. The molecule has 0 aliphatic carbocycles. The molecule has 0 unspecified atom stereocenters. The van der Waals surface area contributed by atoms with Gasteiger partial charge in [-0.15, -0.1) is 0 Å². The van der Waals surface area contributed by atoms with Crippen molar-refractivity contribution in [3.05, 3.63) is 41.0 Å². The highest BCUT2D eigenvalue weighted by Gasteiger charge is 2.14. The molecule has 0 atom stereocenters. The topological polar surface area (TPSA) is 70.7 Å². The quantitative estimate of drug-likeness (QED) is 0.783. The SMILES string of the molecule is CC(C)=CCCN1CCCC(=O)NCCOc2ccc(C)cc2C(=O)NCC1. The third-order valence-corrected chi connectivity index (χ3v) is 4.65. The van der Waals surface area contributed by atoms with E-state index in [4.69, 9.17) is 4.74 Å². The minimum atomic E-state index is -0.123. The van der Waals surface area contributed by atoms with Gasteiger partial charge in [-0.05, 0) is 52.3 Å². The monoisotopic (exact) mass is 387 g/mol. The number of nitrogens with one attached hydrogen (secondary N) is 2. The molecule has 28 heavy (non-hydrogen) atoms. The van der Waals surface area contributed by atoms with Crippen molar-refractivity contribution < 1.29 is 14.3 Å². The molecule has 6 heteroatoms. The molecule has 154 valence electrons. The van der Waals surface area contributed by atoms with Crippen LogP contribution in [-0.2, 0) is 4.79 Å². The van der Waals surface area contributed by atoms with Crippen LogP contribution in [0, 0.1) is 6.92 Å². The Morgan fingerprint density at radius 3 is 2.79 bits per heavy atom. The molecule has 1 heterocycles. The summed E-state index contributed by atoms with van der Waals surface area (Å²) in [5.74, 6) is 0.468. The minimum Gasteiger partial charge on any atom is -0.491 e. The summed E-state index contributed by atoms with van der Waals surface area (Å²) in [4.78, 5) is 27.0. The molecule has 0 fully saturated rings. The lowest BCUT2D eigenvalue weighted by molar-refractivity contribution is -0.121. The van der Waals surface area contributed by atoms with Crippen LogP contribution in [0.1, 0.15) is 49.0 Å². The van der Waals surface area contributed by atoms with Gasteiger partial charge in [0.25, 0.3) is 5.91 Å². The van der Waals surface area contributed by atoms with E-state index in [1.807, 2.05) is 25.1 Å². The number of carbonyl (C=O) groups is 2. The molecule has 1 aliphatic rings. The normalized spacial score (nSPS) is 17.2. The van der Waals surface area contributed by atoms with E-state index in [9.17, 15) is 9.59 Å². The number of allylic oxidation sites excluding steroid dienone is 1. The van der Waals surface area contributed by atoms with Crippen LogP contribution in [0.25, 0.3) is 0 Å². The van der Waals surface area contributed by atoms with Gasteiger partial charge in [-0.25, -0.2) is 0 Å². The molecule has 2 amide bonds. The standard InChI is InChI=1S/C22H33N3O3/c1-17(2)6-4-12-25-13-5-7-21(26)23-11-15-28-20-9-8-18(3)16-19(20)22(27)24-10-14-25/h6,8-9,16H,4-5,7,10-15H2,1-3H3,(H,23,26)(H,24,27). The maximum absolute atomic E-state index is 12.7. The molecule has 6 nitrogen and oxygen atoms in total. The number of hydrogen-bond acceptors (Lipinski definition) is 4. The lowest BCUT2D eigenvalue weighted by Crippen LogP contribution is -2.36. The summed E-state index contributed by atoms with van der Waals surface area (Å²) in [5.41, 5.74) is 2.85. The molecule has 2 rings (SSSR count). The summed E-state index contributed by atoms with van der Waals surface area (Å²) in [6.07, 6.45) is 4.49. The first kappa shape index (κ1) is 22.0. The van der Waals surface area contributed by atoms with Crippen molar-refractivity contribution in [1.29, 1.82) is 0 Å². The van der Waals surface area contributed by atoms with E-state index in [-0.39, 0.29) is 11.8 Å². The predicted octanol–water partition coefficient (Wildman–Crippen LogP) is 2.67. The number of aryl methyl sites for hydroxylation is 1.